The molecule has 3 atom stereocenters. The first-order chi connectivity index (χ1) is 14.0. The number of esters is 1. The third-order valence-corrected chi connectivity index (χ3v) is 6.51. The van der Waals surface area contributed by atoms with Gasteiger partial charge in [0.25, 0.3) is 5.91 Å². The predicted molar refractivity (Wildman–Crippen MR) is 110 cm³/mol. The van der Waals surface area contributed by atoms with Crippen LogP contribution in [0.15, 0.2) is 30.3 Å². The third kappa shape index (κ3) is 4.07. The lowest BCUT2D eigenvalue weighted by Gasteiger charge is -2.34. The Kier molecular flexibility index (Phi) is 5.69. The molecule has 0 bridgehead atoms. The number of carbonyl (C=O) groups is 2. The van der Waals surface area contributed by atoms with E-state index in [9.17, 15) is 9.59 Å². The lowest BCUT2D eigenvalue weighted by atomic mass is 9.78. The number of fused-ring (bicyclic) bond motifs is 1. The van der Waals surface area contributed by atoms with Crippen molar-refractivity contribution in [3.8, 4) is 5.69 Å². The molecule has 4 rings (SSSR count). The van der Waals surface area contributed by atoms with Gasteiger partial charge in [-0.15, -0.1) is 0 Å². The van der Waals surface area contributed by atoms with Gasteiger partial charge in [0.15, 0.2) is 12.3 Å². The summed E-state index contributed by atoms with van der Waals surface area (Å²) in [5.74, 6) is 0.288. The van der Waals surface area contributed by atoms with Gasteiger partial charge in [0.2, 0.25) is 0 Å². The van der Waals surface area contributed by atoms with Crippen molar-refractivity contribution in [1.82, 2.24) is 15.1 Å². The second kappa shape index (κ2) is 8.39. The fourth-order valence-corrected chi connectivity index (χ4v) is 4.62. The van der Waals surface area contributed by atoms with Gasteiger partial charge in [0, 0.05) is 17.3 Å². The molecule has 1 aromatic heterocycles. The van der Waals surface area contributed by atoms with Gasteiger partial charge in [-0.05, 0) is 49.7 Å². The number of para-hydroxylation sites is 1. The molecule has 6 nitrogen and oxygen atoms in total. The summed E-state index contributed by atoms with van der Waals surface area (Å²) in [6.45, 7) is 4.15. The van der Waals surface area contributed by atoms with Gasteiger partial charge in [-0.25, -0.2) is 9.48 Å². The van der Waals surface area contributed by atoms with Crippen molar-refractivity contribution in [2.45, 2.75) is 58.4 Å². The van der Waals surface area contributed by atoms with Crippen LogP contribution >= 0.6 is 0 Å². The molecular formula is C23H29N3O3. The van der Waals surface area contributed by atoms with E-state index in [4.69, 9.17) is 4.74 Å². The van der Waals surface area contributed by atoms with Gasteiger partial charge in [-0.1, -0.05) is 44.9 Å². The summed E-state index contributed by atoms with van der Waals surface area (Å²) in [6, 6.07) is 9.96. The highest BCUT2D eigenvalue weighted by Crippen LogP contribution is 2.30. The predicted octanol–water partition coefficient (Wildman–Crippen LogP) is 3.46. The Morgan fingerprint density at radius 3 is 2.72 bits per heavy atom. The summed E-state index contributed by atoms with van der Waals surface area (Å²) in [5.41, 5.74) is 3.29. The molecule has 1 N–H and O–H groups in total. The second-order valence-corrected chi connectivity index (χ2v) is 8.39. The Balaban J connectivity index is 1.41. The number of nitrogens with zero attached hydrogens (tertiary/aromatic N) is 2. The van der Waals surface area contributed by atoms with Gasteiger partial charge in [0.1, 0.15) is 0 Å². The highest BCUT2D eigenvalue weighted by Gasteiger charge is 2.30. The molecule has 29 heavy (non-hydrogen) atoms. The van der Waals surface area contributed by atoms with Crippen molar-refractivity contribution in [2.24, 2.45) is 11.8 Å². The van der Waals surface area contributed by atoms with Gasteiger partial charge >= 0.3 is 5.97 Å². The molecule has 0 radical (unpaired) electrons. The molecule has 0 aliphatic heterocycles. The Bertz CT molecular complexity index is 890. The van der Waals surface area contributed by atoms with Crippen LogP contribution in [0.4, 0.5) is 0 Å². The molecule has 0 spiro atoms. The normalized spacial score (nSPS) is 23.4. The summed E-state index contributed by atoms with van der Waals surface area (Å²) < 4.78 is 7.18. The topological polar surface area (TPSA) is 73.2 Å². The second-order valence-electron chi connectivity index (χ2n) is 8.39. The van der Waals surface area contributed by atoms with Crippen LogP contribution in [0.2, 0.25) is 0 Å². The van der Waals surface area contributed by atoms with E-state index < -0.39 is 5.97 Å². The van der Waals surface area contributed by atoms with Crippen LogP contribution < -0.4 is 5.32 Å². The van der Waals surface area contributed by atoms with Crippen molar-refractivity contribution in [1.29, 1.82) is 0 Å². The Hall–Kier alpha value is -2.63. The lowest BCUT2D eigenvalue weighted by molar-refractivity contribution is -0.125. The van der Waals surface area contributed by atoms with E-state index >= 15 is 0 Å². The van der Waals surface area contributed by atoms with Gasteiger partial charge in [-0.2, -0.15) is 5.10 Å². The van der Waals surface area contributed by atoms with E-state index in [0.29, 0.717) is 17.5 Å². The number of amides is 1. The first-order valence-corrected chi connectivity index (χ1v) is 10.7. The number of rotatable bonds is 5. The standard InChI is InChI=1S/C23H29N3O3/c1-15-8-6-12-19(16(15)2)24-21(27)14-29-23(28)22-18-11-7-13-20(18)26(25-22)17-9-4-3-5-10-17/h3-5,9-10,15-16,19H,6-8,11-14H2,1-2H3,(H,24,27). The maximum absolute atomic E-state index is 12.7. The van der Waals surface area contributed by atoms with E-state index in [1.54, 1.807) is 0 Å². The van der Waals surface area contributed by atoms with Crippen LogP contribution in [0.5, 0.6) is 0 Å². The molecule has 2 aromatic rings. The van der Waals surface area contributed by atoms with Crippen molar-refractivity contribution in [2.75, 3.05) is 6.61 Å². The zero-order valence-corrected chi connectivity index (χ0v) is 17.2. The van der Waals surface area contributed by atoms with Crippen molar-refractivity contribution < 1.29 is 14.3 Å². The average Bonchev–Trinajstić information content (AvgIpc) is 3.33. The highest BCUT2D eigenvalue weighted by molar-refractivity contribution is 5.91. The summed E-state index contributed by atoms with van der Waals surface area (Å²) in [4.78, 5) is 25.0. The van der Waals surface area contributed by atoms with Crippen LogP contribution in [0, 0.1) is 11.8 Å². The number of hydrogen-bond donors (Lipinski definition) is 1. The molecule has 154 valence electrons. The molecule has 1 saturated carbocycles. The van der Waals surface area contributed by atoms with Crippen LogP contribution in [0.3, 0.4) is 0 Å². The highest BCUT2D eigenvalue weighted by atomic mass is 16.5. The zero-order valence-electron chi connectivity index (χ0n) is 17.2. The third-order valence-electron chi connectivity index (χ3n) is 6.51. The van der Waals surface area contributed by atoms with Crippen molar-refractivity contribution in [3.63, 3.8) is 0 Å². The Labute approximate surface area is 171 Å². The van der Waals surface area contributed by atoms with Gasteiger partial charge in [0.05, 0.1) is 5.69 Å². The fraction of sp³-hybridized carbons (Fsp3) is 0.522. The fourth-order valence-electron chi connectivity index (χ4n) is 4.62. The molecule has 0 saturated heterocycles. The van der Waals surface area contributed by atoms with E-state index in [2.05, 4.69) is 24.3 Å². The summed E-state index contributed by atoms with van der Waals surface area (Å²) in [7, 11) is 0. The molecule has 2 aliphatic carbocycles. The Morgan fingerprint density at radius 2 is 1.93 bits per heavy atom. The van der Waals surface area contributed by atoms with Crippen LogP contribution in [-0.2, 0) is 22.4 Å². The molecule has 2 aliphatic rings. The van der Waals surface area contributed by atoms with Crippen molar-refractivity contribution in [3.05, 3.63) is 47.3 Å². The number of hydrogen-bond acceptors (Lipinski definition) is 4. The van der Waals surface area contributed by atoms with E-state index in [1.807, 2.05) is 35.0 Å². The maximum atomic E-state index is 12.7. The molecular weight excluding hydrogens is 366 g/mol. The van der Waals surface area contributed by atoms with E-state index in [-0.39, 0.29) is 18.6 Å². The molecule has 1 fully saturated rings. The van der Waals surface area contributed by atoms with E-state index in [1.165, 1.54) is 6.42 Å². The molecule has 1 aromatic carbocycles. The molecule has 3 unspecified atom stereocenters. The smallest absolute Gasteiger partial charge is 0.359 e. The minimum Gasteiger partial charge on any atom is -0.451 e. The quantitative estimate of drug-likeness (QED) is 0.787. The number of ether oxygens (including phenoxy) is 1. The SMILES string of the molecule is CC1CCCC(NC(=O)COC(=O)c2nn(-c3ccccc3)c3c2CCC3)C1C. The first kappa shape index (κ1) is 19.7. The number of carbonyl (C=O) groups excluding carboxylic acids is 2. The average molecular weight is 396 g/mol. The number of aromatic nitrogens is 2. The monoisotopic (exact) mass is 395 g/mol. The number of benzene rings is 1. The van der Waals surface area contributed by atoms with Crippen molar-refractivity contribution >= 4 is 11.9 Å². The largest absolute Gasteiger partial charge is 0.451 e. The number of nitrogens with one attached hydrogen (secondary N) is 1. The summed E-state index contributed by atoms with van der Waals surface area (Å²) in [5, 5.41) is 7.58. The molecule has 6 heteroatoms. The van der Waals surface area contributed by atoms with Crippen LogP contribution in [-0.4, -0.2) is 34.3 Å². The minimum absolute atomic E-state index is 0.159. The minimum atomic E-state index is -0.516. The maximum Gasteiger partial charge on any atom is 0.359 e. The lowest BCUT2D eigenvalue weighted by Crippen LogP contribution is -2.45. The summed E-state index contributed by atoms with van der Waals surface area (Å²) >= 11 is 0. The molecule has 1 amide bonds. The summed E-state index contributed by atoms with van der Waals surface area (Å²) in [6.07, 6.45) is 6.02. The van der Waals surface area contributed by atoms with Crippen LogP contribution in [0.25, 0.3) is 5.69 Å². The van der Waals surface area contributed by atoms with Gasteiger partial charge < -0.3 is 10.1 Å². The van der Waals surface area contributed by atoms with Crippen LogP contribution in [0.1, 0.15) is 61.3 Å². The Morgan fingerprint density at radius 1 is 1.14 bits per heavy atom. The van der Waals surface area contributed by atoms with E-state index in [0.717, 1.165) is 49.0 Å². The zero-order chi connectivity index (χ0) is 20.4. The van der Waals surface area contributed by atoms with Gasteiger partial charge in [-0.3, -0.25) is 4.79 Å². The first-order valence-electron chi connectivity index (χ1n) is 10.7. The molecule has 1 heterocycles.